The third kappa shape index (κ3) is 11.6. The van der Waals surface area contributed by atoms with Crippen molar-refractivity contribution in [2.75, 3.05) is 13.2 Å². The van der Waals surface area contributed by atoms with Crippen molar-refractivity contribution in [3.63, 3.8) is 0 Å². The van der Waals surface area contributed by atoms with E-state index in [2.05, 4.69) is 5.32 Å². The largest absolute Gasteiger partial charge is 0.396 e. The average Bonchev–Trinajstić information content (AvgIpc) is 2.10. The van der Waals surface area contributed by atoms with Gasteiger partial charge in [-0.1, -0.05) is 0 Å². The molecule has 0 aromatic carbocycles. The number of alkyl halides is 3. The van der Waals surface area contributed by atoms with E-state index in [9.17, 15) is 13.2 Å². The fourth-order valence-corrected chi connectivity index (χ4v) is 1.30. The molecule has 0 rings (SSSR count). The highest BCUT2D eigenvalue weighted by molar-refractivity contribution is 4.62. The van der Waals surface area contributed by atoms with E-state index < -0.39 is 12.6 Å². The molecule has 92 valence electrons. The van der Waals surface area contributed by atoms with E-state index in [1.54, 1.807) is 0 Å². The Bertz CT molecular complexity index is 150. The zero-order valence-corrected chi connectivity index (χ0v) is 9.11. The lowest BCUT2D eigenvalue weighted by molar-refractivity contribution is -0.135. The molecule has 0 heterocycles. The summed E-state index contributed by atoms with van der Waals surface area (Å²) < 4.78 is 35.4. The van der Waals surface area contributed by atoms with Gasteiger partial charge in [0.05, 0.1) is 0 Å². The van der Waals surface area contributed by atoms with Crippen LogP contribution in [0.5, 0.6) is 0 Å². The number of unbranched alkanes of at least 4 members (excludes halogenated alkanes) is 1. The zero-order chi connectivity index (χ0) is 11.7. The van der Waals surface area contributed by atoms with E-state index in [4.69, 9.17) is 5.11 Å². The van der Waals surface area contributed by atoms with Crippen molar-refractivity contribution < 1.29 is 18.3 Å². The van der Waals surface area contributed by atoms with Crippen molar-refractivity contribution in [2.24, 2.45) is 0 Å². The standard InChI is InChI=1S/C10H20F3NO/c1-9(14-7-2-3-8-15)5-4-6-10(11,12)13/h9,14-15H,2-8H2,1H3. The second kappa shape index (κ2) is 7.93. The summed E-state index contributed by atoms with van der Waals surface area (Å²) in [7, 11) is 0. The summed E-state index contributed by atoms with van der Waals surface area (Å²) in [6.07, 6.45) is -2.41. The third-order valence-electron chi connectivity index (χ3n) is 2.18. The summed E-state index contributed by atoms with van der Waals surface area (Å²) in [6, 6.07) is 0.117. The average molecular weight is 227 g/mol. The molecular weight excluding hydrogens is 207 g/mol. The molecule has 2 N–H and O–H groups in total. The summed E-state index contributed by atoms with van der Waals surface area (Å²) in [6.45, 7) is 2.81. The van der Waals surface area contributed by atoms with Crippen LogP contribution in [0.2, 0.25) is 0 Å². The van der Waals surface area contributed by atoms with Gasteiger partial charge in [-0.05, 0) is 39.2 Å². The molecule has 0 aliphatic heterocycles. The van der Waals surface area contributed by atoms with E-state index in [-0.39, 0.29) is 19.1 Å². The molecule has 0 aliphatic carbocycles. The molecule has 5 heteroatoms. The molecule has 1 atom stereocenters. The van der Waals surface area contributed by atoms with Gasteiger partial charge in [0, 0.05) is 19.1 Å². The maximum atomic E-state index is 11.8. The Morgan fingerprint density at radius 1 is 1.20 bits per heavy atom. The van der Waals surface area contributed by atoms with Gasteiger partial charge in [0.2, 0.25) is 0 Å². The van der Waals surface area contributed by atoms with Crippen LogP contribution in [0.3, 0.4) is 0 Å². The Balaban J connectivity index is 3.29. The molecule has 0 amide bonds. The highest BCUT2D eigenvalue weighted by Gasteiger charge is 2.26. The number of aliphatic hydroxyl groups is 1. The minimum absolute atomic E-state index is 0.117. The lowest BCUT2D eigenvalue weighted by atomic mass is 10.1. The van der Waals surface area contributed by atoms with Gasteiger partial charge in [-0.15, -0.1) is 0 Å². The fourth-order valence-electron chi connectivity index (χ4n) is 1.30. The van der Waals surface area contributed by atoms with Crippen molar-refractivity contribution in [2.45, 2.75) is 51.2 Å². The topological polar surface area (TPSA) is 32.3 Å². The van der Waals surface area contributed by atoms with Crippen molar-refractivity contribution in [1.82, 2.24) is 5.32 Å². The lowest BCUT2D eigenvalue weighted by Gasteiger charge is -2.14. The van der Waals surface area contributed by atoms with Crippen LogP contribution in [0.25, 0.3) is 0 Å². The van der Waals surface area contributed by atoms with Crippen LogP contribution in [0.4, 0.5) is 13.2 Å². The summed E-state index contributed by atoms with van der Waals surface area (Å²) in [5.41, 5.74) is 0. The van der Waals surface area contributed by atoms with Crippen LogP contribution < -0.4 is 5.32 Å². The van der Waals surface area contributed by atoms with E-state index >= 15 is 0 Å². The first-order chi connectivity index (χ1) is 6.95. The smallest absolute Gasteiger partial charge is 0.389 e. The van der Waals surface area contributed by atoms with Crippen LogP contribution in [0, 0.1) is 0 Å². The Morgan fingerprint density at radius 2 is 1.87 bits per heavy atom. The first-order valence-electron chi connectivity index (χ1n) is 5.36. The molecule has 0 saturated carbocycles. The minimum Gasteiger partial charge on any atom is -0.396 e. The molecule has 0 aliphatic rings. The second-order valence-electron chi connectivity index (χ2n) is 3.79. The van der Waals surface area contributed by atoms with Gasteiger partial charge >= 0.3 is 6.18 Å². The van der Waals surface area contributed by atoms with Gasteiger partial charge in [-0.25, -0.2) is 0 Å². The van der Waals surface area contributed by atoms with E-state index in [1.165, 1.54) is 0 Å². The summed E-state index contributed by atoms with van der Waals surface area (Å²) >= 11 is 0. The van der Waals surface area contributed by atoms with Crippen LogP contribution in [-0.2, 0) is 0 Å². The molecule has 0 fully saturated rings. The van der Waals surface area contributed by atoms with Crippen LogP contribution in [0.1, 0.15) is 39.0 Å². The van der Waals surface area contributed by atoms with Crippen molar-refractivity contribution in [3.05, 3.63) is 0 Å². The number of halogens is 3. The normalized spacial score (nSPS) is 14.2. The van der Waals surface area contributed by atoms with Gasteiger partial charge in [-0.2, -0.15) is 13.2 Å². The number of rotatable bonds is 8. The predicted molar refractivity (Wildman–Crippen MR) is 53.7 cm³/mol. The van der Waals surface area contributed by atoms with Crippen molar-refractivity contribution >= 4 is 0 Å². The van der Waals surface area contributed by atoms with Gasteiger partial charge in [-0.3, -0.25) is 0 Å². The minimum atomic E-state index is -4.03. The molecule has 0 saturated heterocycles. The maximum Gasteiger partial charge on any atom is 0.389 e. The monoisotopic (exact) mass is 227 g/mol. The molecule has 15 heavy (non-hydrogen) atoms. The maximum absolute atomic E-state index is 11.8. The second-order valence-corrected chi connectivity index (χ2v) is 3.79. The van der Waals surface area contributed by atoms with E-state index in [1.807, 2.05) is 6.92 Å². The highest BCUT2D eigenvalue weighted by Crippen LogP contribution is 2.22. The van der Waals surface area contributed by atoms with E-state index in [0.29, 0.717) is 6.42 Å². The van der Waals surface area contributed by atoms with Crippen molar-refractivity contribution in [1.29, 1.82) is 0 Å². The van der Waals surface area contributed by atoms with Gasteiger partial charge < -0.3 is 10.4 Å². The molecular formula is C10H20F3NO. The molecule has 0 aromatic heterocycles. The van der Waals surface area contributed by atoms with Crippen LogP contribution in [-0.4, -0.2) is 30.5 Å². The Hall–Kier alpha value is -0.290. The molecule has 0 spiro atoms. The molecule has 2 nitrogen and oxygen atoms in total. The Morgan fingerprint density at radius 3 is 2.40 bits per heavy atom. The fraction of sp³-hybridized carbons (Fsp3) is 1.00. The van der Waals surface area contributed by atoms with Crippen LogP contribution >= 0.6 is 0 Å². The Labute approximate surface area is 88.9 Å². The third-order valence-corrected chi connectivity index (χ3v) is 2.18. The number of hydrogen-bond donors (Lipinski definition) is 2. The number of aliphatic hydroxyl groups excluding tert-OH is 1. The number of nitrogens with one attached hydrogen (secondary N) is 1. The first kappa shape index (κ1) is 14.7. The van der Waals surface area contributed by atoms with Gasteiger partial charge in [0.1, 0.15) is 0 Å². The first-order valence-corrected chi connectivity index (χ1v) is 5.36. The quantitative estimate of drug-likeness (QED) is 0.624. The van der Waals surface area contributed by atoms with Crippen molar-refractivity contribution in [3.8, 4) is 0 Å². The highest BCUT2D eigenvalue weighted by atomic mass is 19.4. The zero-order valence-electron chi connectivity index (χ0n) is 9.11. The lowest BCUT2D eigenvalue weighted by Crippen LogP contribution is -2.27. The summed E-state index contributed by atoms with van der Waals surface area (Å²) in [4.78, 5) is 0. The molecule has 1 unspecified atom stereocenters. The van der Waals surface area contributed by atoms with Crippen LogP contribution in [0.15, 0.2) is 0 Å². The molecule has 0 bridgehead atoms. The number of hydrogen-bond acceptors (Lipinski definition) is 2. The van der Waals surface area contributed by atoms with E-state index in [0.717, 1.165) is 19.4 Å². The van der Waals surface area contributed by atoms with Gasteiger partial charge in [0.25, 0.3) is 0 Å². The van der Waals surface area contributed by atoms with Gasteiger partial charge in [0.15, 0.2) is 0 Å². The SMILES string of the molecule is CC(CCCC(F)(F)F)NCCCCO. The summed E-state index contributed by atoms with van der Waals surface area (Å²) in [5, 5.41) is 11.6. The summed E-state index contributed by atoms with van der Waals surface area (Å²) in [5.74, 6) is 0. The Kier molecular flexibility index (Phi) is 7.78. The predicted octanol–water partition coefficient (Wildman–Crippen LogP) is 2.47. The molecule has 0 aromatic rings. The molecule has 0 radical (unpaired) electrons.